The van der Waals surface area contributed by atoms with Gasteiger partial charge in [0.15, 0.2) is 5.13 Å². The Bertz CT molecular complexity index is 1750. The maximum Gasteiger partial charge on any atom is 0.301 e. The summed E-state index contributed by atoms with van der Waals surface area (Å²) in [7, 11) is 0. The highest BCUT2D eigenvalue weighted by atomic mass is 32.1. The van der Waals surface area contributed by atoms with E-state index in [0.29, 0.717) is 46.5 Å². The van der Waals surface area contributed by atoms with E-state index < -0.39 is 17.7 Å². The lowest BCUT2D eigenvalue weighted by atomic mass is 9.95. The van der Waals surface area contributed by atoms with Crippen LogP contribution in [0.4, 0.5) is 5.13 Å². The van der Waals surface area contributed by atoms with Gasteiger partial charge in [-0.1, -0.05) is 53.8 Å². The molecular weight excluding hydrogens is 538 g/mol. The van der Waals surface area contributed by atoms with Crippen molar-refractivity contribution in [2.45, 2.75) is 19.6 Å². The number of aliphatic hydroxyl groups excluding tert-OH is 1. The van der Waals surface area contributed by atoms with Gasteiger partial charge in [0.2, 0.25) is 0 Å². The Morgan fingerprint density at radius 3 is 2.39 bits per heavy atom. The Morgan fingerprint density at radius 1 is 0.927 bits per heavy atom. The van der Waals surface area contributed by atoms with Crippen molar-refractivity contribution in [3.8, 4) is 11.5 Å². The fourth-order valence-corrected chi connectivity index (χ4v) is 5.77. The van der Waals surface area contributed by atoms with Gasteiger partial charge in [-0.15, -0.1) is 0 Å². The Balaban J connectivity index is 1.41. The molecule has 0 radical (unpaired) electrons. The number of Topliss-reactive ketones (excluding diaryl/α,β-unsaturated/α-hetero) is 1. The van der Waals surface area contributed by atoms with E-state index in [1.807, 2.05) is 55.5 Å². The second-order valence-corrected chi connectivity index (χ2v) is 10.3. The zero-order chi connectivity index (χ0) is 28.3. The number of nitrogens with zero attached hydrogens (tertiary/aromatic N) is 3. The quantitative estimate of drug-likeness (QED) is 0.134. The largest absolute Gasteiger partial charge is 0.507 e. The van der Waals surface area contributed by atoms with E-state index in [1.54, 1.807) is 36.4 Å². The van der Waals surface area contributed by atoms with Gasteiger partial charge in [-0.05, 0) is 60.5 Å². The van der Waals surface area contributed by atoms with Gasteiger partial charge in [-0.2, -0.15) is 0 Å². The lowest BCUT2D eigenvalue weighted by Gasteiger charge is -2.23. The van der Waals surface area contributed by atoms with Gasteiger partial charge in [0.25, 0.3) is 5.78 Å². The molecule has 0 saturated carbocycles. The number of anilines is 1. The molecule has 1 fully saturated rings. The molecular formula is C32H25N3O5S. The summed E-state index contributed by atoms with van der Waals surface area (Å²) in [6.45, 7) is 2.82. The number of fused-ring (bicyclic) bond motifs is 1. The minimum Gasteiger partial charge on any atom is -0.507 e. The van der Waals surface area contributed by atoms with Crippen LogP contribution in [0.15, 0.2) is 103 Å². The third-order valence-corrected chi connectivity index (χ3v) is 7.73. The third kappa shape index (κ3) is 5.15. The molecule has 204 valence electrons. The van der Waals surface area contributed by atoms with Crippen LogP contribution >= 0.6 is 11.3 Å². The van der Waals surface area contributed by atoms with E-state index in [9.17, 15) is 14.7 Å². The molecule has 1 N–H and O–H groups in total. The first-order valence-corrected chi connectivity index (χ1v) is 13.9. The van der Waals surface area contributed by atoms with E-state index in [2.05, 4.69) is 9.97 Å². The van der Waals surface area contributed by atoms with Crippen LogP contribution in [0.1, 0.15) is 29.7 Å². The molecule has 3 heterocycles. The second kappa shape index (κ2) is 11.2. The van der Waals surface area contributed by atoms with Crippen LogP contribution < -0.4 is 14.4 Å². The summed E-state index contributed by atoms with van der Waals surface area (Å²) < 4.78 is 12.4. The maximum absolute atomic E-state index is 13.5. The standard InChI is InChI=1S/C32H25N3O5S/c1-2-39-24-12-13-25-26(18-24)41-32(34-25)35-28(27(30(37)31(35)38)29(36)22-14-16-33-17-15-22)21-8-10-23(11-9-21)40-19-20-6-4-3-5-7-20/h3-18,28,36H,2,19H2,1H3/b29-27+. The minimum absolute atomic E-state index is 0.0200. The summed E-state index contributed by atoms with van der Waals surface area (Å²) in [6, 6.07) is 24.8. The van der Waals surface area contributed by atoms with Gasteiger partial charge < -0.3 is 14.6 Å². The molecule has 1 aliphatic heterocycles. The summed E-state index contributed by atoms with van der Waals surface area (Å²) >= 11 is 1.28. The predicted octanol–water partition coefficient (Wildman–Crippen LogP) is 6.30. The van der Waals surface area contributed by atoms with Crippen molar-refractivity contribution >= 4 is 44.1 Å². The molecule has 0 bridgehead atoms. The molecule has 1 saturated heterocycles. The van der Waals surface area contributed by atoms with Crippen LogP contribution in [0.25, 0.3) is 16.0 Å². The molecule has 6 rings (SSSR count). The second-order valence-electron chi connectivity index (χ2n) is 9.31. The highest BCUT2D eigenvalue weighted by Gasteiger charge is 2.48. The number of amides is 1. The normalized spacial score (nSPS) is 16.3. The molecule has 9 heteroatoms. The number of ether oxygens (including phenoxy) is 2. The lowest BCUT2D eigenvalue weighted by Crippen LogP contribution is -2.29. The van der Waals surface area contributed by atoms with Crippen LogP contribution in [0.3, 0.4) is 0 Å². The molecule has 2 aromatic heterocycles. The number of carbonyl (C=O) groups excluding carboxylic acids is 2. The summed E-state index contributed by atoms with van der Waals surface area (Å²) in [6.07, 6.45) is 3.03. The van der Waals surface area contributed by atoms with Crippen LogP contribution in [0.2, 0.25) is 0 Å². The van der Waals surface area contributed by atoms with E-state index in [-0.39, 0.29) is 11.3 Å². The topological polar surface area (TPSA) is 102 Å². The SMILES string of the molecule is CCOc1ccc2nc(N3C(=O)C(=O)/C(=C(/O)c4ccncc4)C3c3ccc(OCc4ccccc4)cc3)sc2c1. The van der Waals surface area contributed by atoms with Crippen molar-refractivity contribution in [2.75, 3.05) is 11.5 Å². The van der Waals surface area contributed by atoms with Gasteiger partial charge in [0, 0.05) is 18.0 Å². The number of ketones is 1. The van der Waals surface area contributed by atoms with Crippen molar-refractivity contribution in [1.82, 2.24) is 9.97 Å². The zero-order valence-electron chi connectivity index (χ0n) is 22.1. The van der Waals surface area contributed by atoms with Crippen molar-refractivity contribution in [1.29, 1.82) is 0 Å². The first-order valence-electron chi connectivity index (χ1n) is 13.0. The molecule has 5 aromatic rings. The molecule has 3 aromatic carbocycles. The average molecular weight is 564 g/mol. The number of hydrogen-bond donors (Lipinski definition) is 1. The molecule has 41 heavy (non-hydrogen) atoms. The Kier molecular flexibility index (Phi) is 7.18. The first-order chi connectivity index (χ1) is 20.0. The summed E-state index contributed by atoms with van der Waals surface area (Å²) in [5, 5.41) is 11.6. The van der Waals surface area contributed by atoms with Gasteiger partial charge in [-0.3, -0.25) is 19.5 Å². The lowest BCUT2D eigenvalue weighted by molar-refractivity contribution is -0.132. The zero-order valence-corrected chi connectivity index (χ0v) is 22.9. The molecule has 0 aliphatic carbocycles. The number of benzene rings is 3. The molecule has 0 spiro atoms. The van der Waals surface area contributed by atoms with Gasteiger partial charge in [-0.25, -0.2) is 4.98 Å². The van der Waals surface area contributed by atoms with E-state index in [1.165, 1.54) is 28.6 Å². The summed E-state index contributed by atoms with van der Waals surface area (Å²) in [5.74, 6) is -0.505. The molecule has 8 nitrogen and oxygen atoms in total. The number of hydrogen-bond acceptors (Lipinski definition) is 8. The Morgan fingerprint density at radius 2 is 1.66 bits per heavy atom. The number of aromatic nitrogens is 2. The Labute approximate surface area is 240 Å². The van der Waals surface area contributed by atoms with Gasteiger partial charge >= 0.3 is 5.91 Å². The van der Waals surface area contributed by atoms with Crippen LogP contribution in [-0.2, 0) is 16.2 Å². The molecule has 1 aliphatic rings. The van der Waals surface area contributed by atoms with E-state index in [0.717, 1.165) is 10.3 Å². The Hall–Kier alpha value is -5.02. The van der Waals surface area contributed by atoms with Crippen LogP contribution in [0, 0.1) is 0 Å². The van der Waals surface area contributed by atoms with Gasteiger partial charge in [0.1, 0.15) is 23.9 Å². The molecule has 1 amide bonds. The highest BCUT2D eigenvalue weighted by Crippen LogP contribution is 2.44. The van der Waals surface area contributed by atoms with E-state index in [4.69, 9.17) is 9.47 Å². The smallest absolute Gasteiger partial charge is 0.301 e. The number of pyridine rings is 1. The van der Waals surface area contributed by atoms with Crippen molar-refractivity contribution < 1.29 is 24.2 Å². The fourth-order valence-electron chi connectivity index (χ4n) is 4.75. The molecule has 1 unspecified atom stereocenters. The van der Waals surface area contributed by atoms with Crippen LogP contribution in [-0.4, -0.2) is 33.4 Å². The fraction of sp³-hybridized carbons (Fsp3) is 0.125. The molecule has 1 atom stereocenters. The van der Waals surface area contributed by atoms with E-state index >= 15 is 0 Å². The summed E-state index contributed by atoms with van der Waals surface area (Å²) in [4.78, 5) is 37.1. The average Bonchev–Trinajstić information content (AvgIpc) is 3.54. The predicted molar refractivity (Wildman–Crippen MR) is 157 cm³/mol. The summed E-state index contributed by atoms with van der Waals surface area (Å²) in [5.41, 5.74) is 2.70. The number of rotatable bonds is 8. The maximum atomic E-state index is 13.5. The van der Waals surface area contributed by atoms with Gasteiger partial charge in [0.05, 0.1) is 28.4 Å². The van der Waals surface area contributed by atoms with Crippen LogP contribution in [0.5, 0.6) is 11.5 Å². The third-order valence-electron chi connectivity index (χ3n) is 6.71. The number of aliphatic hydroxyl groups is 1. The number of thiazole rings is 1. The van der Waals surface area contributed by atoms with Crippen molar-refractivity contribution in [3.63, 3.8) is 0 Å². The first kappa shape index (κ1) is 26.2. The monoisotopic (exact) mass is 563 g/mol. The highest BCUT2D eigenvalue weighted by molar-refractivity contribution is 7.22. The number of carbonyl (C=O) groups is 2. The minimum atomic E-state index is -0.904. The van der Waals surface area contributed by atoms with Crippen molar-refractivity contribution in [2.24, 2.45) is 0 Å². The van der Waals surface area contributed by atoms with Crippen molar-refractivity contribution in [3.05, 3.63) is 120 Å².